The fourth-order valence-electron chi connectivity index (χ4n) is 1.90. The molecule has 0 N–H and O–H groups in total. The van der Waals surface area contributed by atoms with Gasteiger partial charge in [-0.3, -0.25) is 4.99 Å². The Hall–Kier alpha value is -0.0500. The number of rotatable bonds is 1. The van der Waals surface area contributed by atoms with Crippen LogP contribution < -0.4 is 0 Å². The molecule has 0 radical (unpaired) electrons. The Morgan fingerprint density at radius 2 is 2.55 bits per heavy atom. The highest BCUT2D eigenvalue weighted by Crippen LogP contribution is 2.23. The van der Waals surface area contributed by atoms with Gasteiger partial charge in [-0.15, -0.1) is 0 Å². The molecule has 1 saturated heterocycles. The summed E-state index contributed by atoms with van der Waals surface area (Å²) in [6, 6.07) is 0.731. The minimum absolute atomic E-state index is 0.731. The van der Waals surface area contributed by atoms with Crippen molar-refractivity contribution >= 4 is 21.8 Å². The van der Waals surface area contributed by atoms with Crippen LogP contribution in [-0.4, -0.2) is 35.2 Å². The van der Waals surface area contributed by atoms with Gasteiger partial charge in [0, 0.05) is 30.9 Å². The van der Waals surface area contributed by atoms with E-state index in [2.05, 4.69) is 25.8 Å². The Bertz CT molecular complexity index is 179. The van der Waals surface area contributed by atoms with Crippen LogP contribution in [0.3, 0.4) is 0 Å². The number of aliphatic imine (C=N–C) groups is 1. The van der Waals surface area contributed by atoms with Gasteiger partial charge in [0.25, 0.3) is 0 Å². The molecule has 2 aliphatic rings. The lowest BCUT2D eigenvalue weighted by atomic mass is 10.2. The van der Waals surface area contributed by atoms with Crippen molar-refractivity contribution in [2.45, 2.75) is 25.3 Å². The molecular weight excluding hydrogens is 204 g/mol. The van der Waals surface area contributed by atoms with Gasteiger partial charge in [-0.05, 0) is 12.8 Å². The third-order valence-corrected chi connectivity index (χ3v) is 3.25. The summed E-state index contributed by atoms with van der Waals surface area (Å²) in [5.41, 5.74) is 0. The number of nitrogens with zero attached hydrogens (tertiary/aromatic N) is 2. The molecule has 11 heavy (non-hydrogen) atoms. The maximum absolute atomic E-state index is 4.51. The molecule has 0 aromatic carbocycles. The molecule has 2 aliphatic heterocycles. The molecule has 1 fully saturated rings. The molecule has 2 nitrogen and oxygen atoms in total. The molecule has 3 heteroatoms. The van der Waals surface area contributed by atoms with Crippen molar-refractivity contribution < 1.29 is 0 Å². The van der Waals surface area contributed by atoms with Gasteiger partial charge in [0.2, 0.25) is 0 Å². The number of hydrogen-bond donors (Lipinski definition) is 0. The first-order valence-electron chi connectivity index (χ1n) is 4.28. The van der Waals surface area contributed by atoms with Crippen LogP contribution in [0.2, 0.25) is 0 Å². The lowest BCUT2D eigenvalue weighted by Gasteiger charge is -2.28. The number of hydrogen-bond acceptors (Lipinski definition) is 2. The molecule has 0 aromatic heterocycles. The van der Waals surface area contributed by atoms with E-state index in [4.69, 9.17) is 0 Å². The zero-order valence-corrected chi connectivity index (χ0v) is 8.18. The minimum Gasteiger partial charge on any atom is -0.356 e. The maximum Gasteiger partial charge on any atom is 0.0992 e. The van der Waals surface area contributed by atoms with Crippen molar-refractivity contribution in [1.29, 1.82) is 0 Å². The van der Waals surface area contributed by atoms with Crippen LogP contribution in [0.25, 0.3) is 0 Å². The molecule has 0 saturated carbocycles. The van der Waals surface area contributed by atoms with E-state index in [0.29, 0.717) is 0 Å². The Kier molecular flexibility index (Phi) is 2.16. The van der Waals surface area contributed by atoms with E-state index in [1.807, 2.05) is 0 Å². The summed E-state index contributed by atoms with van der Waals surface area (Å²) in [7, 11) is 0. The van der Waals surface area contributed by atoms with Gasteiger partial charge in [0.1, 0.15) is 0 Å². The molecular formula is C8H13BrN2. The van der Waals surface area contributed by atoms with Crippen LogP contribution >= 0.6 is 15.9 Å². The Balaban J connectivity index is 2.11. The quantitative estimate of drug-likeness (QED) is 0.610. The summed E-state index contributed by atoms with van der Waals surface area (Å²) in [5, 5.41) is 1.10. The van der Waals surface area contributed by atoms with Crippen LogP contribution in [0.1, 0.15) is 19.3 Å². The molecule has 2 rings (SSSR count). The van der Waals surface area contributed by atoms with E-state index in [0.717, 1.165) is 17.9 Å². The third kappa shape index (κ3) is 1.31. The summed E-state index contributed by atoms with van der Waals surface area (Å²) in [4.78, 5) is 6.98. The molecule has 1 unspecified atom stereocenters. The molecule has 0 bridgehead atoms. The summed E-state index contributed by atoms with van der Waals surface area (Å²) in [6.45, 7) is 2.29. The van der Waals surface area contributed by atoms with Gasteiger partial charge >= 0.3 is 0 Å². The zero-order chi connectivity index (χ0) is 7.68. The predicted molar refractivity (Wildman–Crippen MR) is 50.4 cm³/mol. The van der Waals surface area contributed by atoms with Crippen molar-refractivity contribution in [2.75, 3.05) is 18.4 Å². The van der Waals surface area contributed by atoms with Crippen LogP contribution in [0.4, 0.5) is 0 Å². The van der Waals surface area contributed by atoms with Gasteiger partial charge < -0.3 is 4.90 Å². The van der Waals surface area contributed by atoms with E-state index in [1.165, 1.54) is 31.6 Å². The van der Waals surface area contributed by atoms with E-state index < -0.39 is 0 Å². The monoisotopic (exact) mass is 216 g/mol. The summed E-state index contributed by atoms with van der Waals surface area (Å²) < 4.78 is 0. The Morgan fingerprint density at radius 1 is 1.64 bits per heavy atom. The molecule has 0 amide bonds. The first kappa shape index (κ1) is 7.59. The highest BCUT2D eigenvalue weighted by molar-refractivity contribution is 9.09. The first-order chi connectivity index (χ1) is 5.42. The van der Waals surface area contributed by atoms with Crippen LogP contribution in [-0.2, 0) is 0 Å². The van der Waals surface area contributed by atoms with E-state index in [-0.39, 0.29) is 0 Å². The second-order valence-electron chi connectivity index (χ2n) is 3.19. The van der Waals surface area contributed by atoms with Crippen molar-refractivity contribution in [2.24, 2.45) is 4.99 Å². The fraction of sp³-hybridized carbons (Fsp3) is 0.875. The highest BCUT2D eigenvalue weighted by atomic mass is 79.9. The summed E-state index contributed by atoms with van der Waals surface area (Å²) in [6.07, 6.45) is 3.74. The van der Waals surface area contributed by atoms with Crippen LogP contribution in [0.15, 0.2) is 4.99 Å². The normalized spacial score (nSPS) is 30.1. The number of halogens is 1. The largest absolute Gasteiger partial charge is 0.356 e. The molecule has 2 heterocycles. The second kappa shape index (κ2) is 3.13. The molecule has 0 aromatic rings. The van der Waals surface area contributed by atoms with Gasteiger partial charge in [-0.2, -0.15) is 0 Å². The van der Waals surface area contributed by atoms with Gasteiger partial charge in [-0.1, -0.05) is 15.9 Å². The number of amidine groups is 1. The minimum atomic E-state index is 0.731. The van der Waals surface area contributed by atoms with Gasteiger partial charge in [0.15, 0.2) is 0 Å². The number of alkyl halides is 1. The van der Waals surface area contributed by atoms with Crippen molar-refractivity contribution in [3.8, 4) is 0 Å². The number of fused-ring (bicyclic) bond motifs is 1. The predicted octanol–water partition coefficient (Wildman–Crippen LogP) is 1.65. The highest BCUT2D eigenvalue weighted by Gasteiger charge is 2.29. The average molecular weight is 217 g/mol. The van der Waals surface area contributed by atoms with Crippen molar-refractivity contribution in [1.82, 2.24) is 4.90 Å². The SMILES string of the molecule is BrCC1CCC2=NCCCN21. The summed E-state index contributed by atoms with van der Waals surface area (Å²) >= 11 is 3.54. The lowest BCUT2D eigenvalue weighted by molar-refractivity contribution is 0.347. The van der Waals surface area contributed by atoms with Gasteiger partial charge in [-0.25, -0.2) is 0 Å². The van der Waals surface area contributed by atoms with Crippen molar-refractivity contribution in [3.63, 3.8) is 0 Å². The molecule has 0 aliphatic carbocycles. The molecule has 62 valence electrons. The maximum atomic E-state index is 4.51. The molecule has 0 spiro atoms. The zero-order valence-electron chi connectivity index (χ0n) is 6.59. The average Bonchev–Trinajstić information content (AvgIpc) is 2.47. The van der Waals surface area contributed by atoms with Crippen molar-refractivity contribution in [3.05, 3.63) is 0 Å². The Morgan fingerprint density at radius 3 is 3.36 bits per heavy atom. The smallest absolute Gasteiger partial charge is 0.0992 e. The topological polar surface area (TPSA) is 15.6 Å². The van der Waals surface area contributed by atoms with Crippen LogP contribution in [0, 0.1) is 0 Å². The fourth-order valence-corrected chi connectivity index (χ4v) is 2.57. The standard InChI is InChI=1S/C8H13BrN2/c9-6-7-2-3-8-10-4-1-5-11(7)8/h7H,1-6H2. The van der Waals surface area contributed by atoms with Crippen LogP contribution in [0.5, 0.6) is 0 Å². The molecule has 1 atom stereocenters. The third-order valence-electron chi connectivity index (χ3n) is 2.50. The van der Waals surface area contributed by atoms with E-state index in [9.17, 15) is 0 Å². The summed E-state index contributed by atoms with van der Waals surface area (Å²) in [5.74, 6) is 1.36. The second-order valence-corrected chi connectivity index (χ2v) is 3.84. The van der Waals surface area contributed by atoms with E-state index in [1.54, 1.807) is 0 Å². The van der Waals surface area contributed by atoms with E-state index >= 15 is 0 Å². The first-order valence-corrected chi connectivity index (χ1v) is 5.40. The Labute approximate surface area is 75.8 Å². The van der Waals surface area contributed by atoms with Gasteiger partial charge in [0.05, 0.1) is 5.84 Å². The lowest BCUT2D eigenvalue weighted by Crippen LogP contribution is -2.37.